The lowest BCUT2D eigenvalue weighted by Crippen LogP contribution is -2.56. The van der Waals surface area contributed by atoms with E-state index in [-0.39, 0.29) is 23.3 Å². The molecule has 3 saturated carbocycles. The predicted molar refractivity (Wildman–Crippen MR) is 116 cm³/mol. The van der Waals surface area contributed by atoms with Gasteiger partial charge in [0.1, 0.15) is 5.54 Å². The third-order valence-electron chi connectivity index (χ3n) is 9.28. The quantitative estimate of drug-likeness (QED) is 0.525. The maximum Gasteiger partial charge on any atom is 0.303 e. The first-order valence-electron chi connectivity index (χ1n) is 11.5. The van der Waals surface area contributed by atoms with Crippen molar-refractivity contribution in [2.45, 2.75) is 70.4 Å². The fraction of sp³-hybridized carbons (Fsp3) is 0.818. The number of hydrogen-bond acceptors (Lipinski definition) is 5. The second-order valence-electron chi connectivity index (χ2n) is 11.1. The molecule has 2 amide bonds. The summed E-state index contributed by atoms with van der Waals surface area (Å²) < 4.78 is 28.6. The second-order valence-corrected chi connectivity index (χ2v) is 12.8. The van der Waals surface area contributed by atoms with E-state index in [9.17, 15) is 18.0 Å². The van der Waals surface area contributed by atoms with Gasteiger partial charge in [0.25, 0.3) is 5.91 Å². The Bertz CT molecular complexity index is 943. The zero-order chi connectivity index (χ0) is 22.3. The number of fused-ring (bicyclic) bond motifs is 1. The van der Waals surface area contributed by atoms with Crippen LogP contribution in [0.3, 0.4) is 0 Å². The summed E-state index contributed by atoms with van der Waals surface area (Å²) >= 11 is 0. The molecule has 3 unspecified atom stereocenters. The van der Waals surface area contributed by atoms with E-state index in [1.54, 1.807) is 6.08 Å². The zero-order valence-electron chi connectivity index (χ0n) is 18.5. The summed E-state index contributed by atoms with van der Waals surface area (Å²) in [5.41, 5.74) is -0.355. The highest BCUT2D eigenvalue weighted by molar-refractivity contribution is 7.87. The highest BCUT2D eigenvalue weighted by atomic mass is 32.2. The Morgan fingerprint density at radius 2 is 1.87 bits per heavy atom. The van der Waals surface area contributed by atoms with Gasteiger partial charge >= 0.3 is 10.2 Å². The summed E-state index contributed by atoms with van der Waals surface area (Å²) in [5.74, 6) is -1.14. The average Bonchev–Trinajstić information content (AvgIpc) is 3.36. The number of rotatable bonds is 6. The molecule has 5 atom stereocenters. The molecule has 2 aliphatic heterocycles. The molecule has 5 fully saturated rings. The minimum Gasteiger partial charge on any atom is -0.340 e. The highest BCUT2D eigenvalue weighted by Gasteiger charge is 2.78. The molecule has 0 radical (unpaired) electrons. The Kier molecular flexibility index (Phi) is 4.52. The molecule has 3 N–H and O–H groups in total. The van der Waals surface area contributed by atoms with Gasteiger partial charge in [0.2, 0.25) is 5.91 Å². The standard InChI is InChI=1S/C22H34N4O4S/c1-4-15-11-22(15,18(28)25-31(29,30)26-9-5-6-10-26)24-17(27)16-12-20(14-23-16)13-21(20)8-7-19(21,2)3/h4,15-16,23H,1,5-14H2,2-3H3,(H,24,27)(H,25,28)/t15-,16?,20?,21?,22-/m1/s1. The third kappa shape index (κ3) is 2.95. The maximum atomic E-state index is 13.1. The number of nitrogens with one attached hydrogen (secondary N) is 3. The first kappa shape index (κ1) is 21.4. The summed E-state index contributed by atoms with van der Waals surface area (Å²) in [6, 6.07) is -0.346. The van der Waals surface area contributed by atoms with Crippen LogP contribution in [-0.4, -0.2) is 55.8 Å². The number of nitrogens with zero attached hydrogens (tertiary/aromatic N) is 1. The van der Waals surface area contributed by atoms with Crippen LogP contribution in [0.15, 0.2) is 12.7 Å². The van der Waals surface area contributed by atoms with E-state index in [4.69, 9.17) is 0 Å². The van der Waals surface area contributed by atoms with E-state index < -0.39 is 21.7 Å². The van der Waals surface area contributed by atoms with Crippen LogP contribution in [-0.2, 0) is 19.8 Å². The molecule has 31 heavy (non-hydrogen) atoms. The molecule has 2 heterocycles. The minimum atomic E-state index is -3.89. The van der Waals surface area contributed by atoms with Gasteiger partial charge in [-0.05, 0) is 61.2 Å². The molecule has 8 nitrogen and oxygen atoms in total. The lowest BCUT2D eigenvalue weighted by atomic mass is 9.56. The van der Waals surface area contributed by atoms with Crippen molar-refractivity contribution in [1.29, 1.82) is 0 Å². The van der Waals surface area contributed by atoms with Crippen molar-refractivity contribution in [3.05, 3.63) is 12.7 Å². The molecule has 5 aliphatic rings. The summed E-state index contributed by atoms with van der Waals surface area (Å²) in [6.45, 7) is 10.1. The van der Waals surface area contributed by atoms with Crippen LogP contribution in [0.5, 0.6) is 0 Å². The van der Waals surface area contributed by atoms with Gasteiger partial charge in [-0.25, -0.2) is 4.72 Å². The average molecular weight is 451 g/mol. The Hall–Kier alpha value is -1.45. The van der Waals surface area contributed by atoms with E-state index in [0.29, 0.717) is 30.3 Å². The second kappa shape index (κ2) is 6.54. The van der Waals surface area contributed by atoms with Crippen LogP contribution in [0.1, 0.15) is 58.8 Å². The molecule has 0 aromatic heterocycles. The van der Waals surface area contributed by atoms with Crippen molar-refractivity contribution < 1.29 is 18.0 Å². The lowest BCUT2D eigenvalue weighted by Gasteiger charge is -2.49. The van der Waals surface area contributed by atoms with Crippen LogP contribution < -0.4 is 15.4 Å². The van der Waals surface area contributed by atoms with Crippen molar-refractivity contribution in [2.75, 3.05) is 19.6 Å². The van der Waals surface area contributed by atoms with Crippen LogP contribution in [0.25, 0.3) is 0 Å². The Labute approximate surface area is 184 Å². The van der Waals surface area contributed by atoms with Gasteiger partial charge < -0.3 is 10.6 Å². The van der Waals surface area contributed by atoms with Crippen molar-refractivity contribution in [2.24, 2.45) is 22.2 Å². The summed E-state index contributed by atoms with van der Waals surface area (Å²) in [4.78, 5) is 26.1. The number of hydrogen-bond donors (Lipinski definition) is 3. The lowest BCUT2D eigenvalue weighted by molar-refractivity contribution is -0.130. The van der Waals surface area contributed by atoms with Crippen molar-refractivity contribution in [3.8, 4) is 0 Å². The molecule has 5 rings (SSSR count). The molecule has 2 saturated heterocycles. The monoisotopic (exact) mass is 450 g/mol. The molecule has 3 aliphatic carbocycles. The van der Waals surface area contributed by atoms with Crippen molar-refractivity contribution >= 4 is 22.0 Å². The summed E-state index contributed by atoms with van der Waals surface area (Å²) in [7, 11) is -3.89. The fourth-order valence-electron chi connectivity index (χ4n) is 6.85. The normalized spacial score (nSPS) is 42.9. The maximum absolute atomic E-state index is 13.1. The van der Waals surface area contributed by atoms with Gasteiger partial charge in [0.05, 0.1) is 6.04 Å². The summed E-state index contributed by atoms with van der Waals surface area (Å²) in [6.07, 6.45) is 8.00. The fourth-order valence-corrected chi connectivity index (χ4v) is 8.14. The van der Waals surface area contributed by atoms with Gasteiger partial charge in [-0.1, -0.05) is 19.9 Å². The Morgan fingerprint density at radius 3 is 2.39 bits per heavy atom. The van der Waals surface area contributed by atoms with Crippen molar-refractivity contribution in [1.82, 2.24) is 19.7 Å². The van der Waals surface area contributed by atoms with Crippen LogP contribution in [0.2, 0.25) is 0 Å². The van der Waals surface area contributed by atoms with Gasteiger partial charge in [0.15, 0.2) is 0 Å². The molecule has 0 bridgehead atoms. The third-order valence-corrected chi connectivity index (χ3v) is 10.8. The Balaban J connectivity index is 1.25. The van der Waals surface area contributed by atoms with Crippen LogP contribution >= 0.6 is 0 Å². The van der Waals surface area contributed by atoms with Crippen molar-refractivity contribution in [3.63, 3.8) is 0 Å². The molecule has 0 aromatic carbocycles. The zero-order valence-corrected chi connectivity index (χ0v) is 19.3. The first-order chi connectivity index (χ1) is 14.5. The van der Waals surface area contributed by atoms with Crippen LogP contribution in [0, 0.1) is 22.2 Å². The van der Waals surface area contributed by atoms with E-state index in [0.717, 1.165) is 25.8 Å². The molecule has 9 heteroatoms. The minimum absolute atomic E-state index is 0.187. The van der Waals surface area contributed by atoms with E-state index in [1.165, 1.54) is 23.6 Å². The smallest absolute Gasteiger partial charge is 0.303 e. The molecule has 2 spiro atoms. The Morgan fingerprint density at radius 1 is 1.16 bits per heavy atom. The summed E-state index contributed by atoms with van der Waals surface area (Å²) in [5, 5.41) is 6.29. The molecule has 172 valence electrons. The largest absolute Gasteiger partial charge is 0.340 e. The molecular weight excluding hydrogens is 416 g/mol. The van der Waals surface area contributed by atoms with Gasteiger partial charge in [-0.15, -0.1) is 6.58 Å². The highest BCUT2D eigenvalue weighted by Crippen LogP contribution is 2.83. The number of carbonyl (C=O) groups excluding carboxylic acids is 2. The van der Waals surface area contributed by atoms with E-state index >= 15 is 0 Å². The van der Waals surface area contributed by atoms with Gasteiger partial charge in [-0.2, -0.15) is 12.7 Å². The topological polar surface area (TPSA) is 108 Å². The van der Waals surface area contributed by atoms with Crippen LogP contribution in [0.4, 0.5) is 0 Å². The van der Waals surface area contributed by atoms with Gasteiger partial charge in [-0.3, -0.25) is 9.59 Å². The predicted octanol–water partition coefficient (Wildman–Crippen LogP) is 1.06. The SMILES string of the molecule is C=C[C@@H]1C[C@]1(NC(=O)C1CC2(CN1)CC21CCC1(C)C)C(=O)NS(=O)(=O)N1CCCC1. The van der Waals surface area contributed by atoms with Gasteiger partial charge in [0, 0.05) is 25.6 Å². The molecular formula is C22H34N4O4S. The van der Waals surface area contributed by atoms with E-state index in [1.807, 2.05) is 0 Å². The van der Waals surface area contributed by atoms with E-state index in [2.05, 4.69) is 35.8 Å². The number of amides is 2. The number of carbonyl (C=O) groups is 2. The molecule has 0 aromatic rings. The first-order valence-corrected chi connectivity index (χ1v) is 13.0.